The van der Waals surface area contributed by atoms with E-state index in [9.17, 15) is 4.79 Å². The fourth-order valence-corrected chi connectivity index (χ4v) is 3.93. The van der Waals surface area contributed by atoms with Crippen molar-refractivity contribution in [3.8, 4) is 5.75 Å². The van der Waals surface area contributed by atoms with E-state index in [1.807, 2.05) is 55.5 Å². The summed E-state index contributed by atoms with van der Waals surface area (Å²) in [4.78, 5) is 13.3. The lowest BCUT2D eigenvalue weighted by molar-refractivity contribution is 0.103. The van der Waals surface area contributed by atoms with Gasteiger partial charge in [0, 0.05) is 35.2 Å². The minimum Gasteiger partial charge on any atom is -0.497 e. The summed E-state index contributed by atoms with van der Waals surface area (Å²) in [5.74, 6) is 0.587. The van der Waals surface area contributed by atoms with Crippen molar-refractivity contribution in [1.82, 2.24) is 0 Å². The average molecular weight is 465 g/mol. The Morgan fingerprint density at radius 3 is 2.73 bits per heavy atom. The fraction of sp³-hybridized carbons (Fsp3) is 0.240. The molecule has 2 N–H and O–H groups in total. The van der Waals surface area contributed by atoms with Crippen LogP contribution in [0, 0.1) is 6.92 Å². The van der Waals surface area contributed by atoms with Gasteiger partial charge in [0.1, 0.15) is 5.75 Å². The SMILES string of the molecule is COc1cccc(Nc2ccc(C(=O)c3cc(N4CC(CCO)N=N4)ccc3C)c(Cl)c2)c1. The number of halogens is 1. The number of anilines is 3. The van der Waals surface area contributed by atoms with Crippen molar-refractivity contribution < 1.29 is 14.6 Å². The Bertz CT molecular complexity index is 1200. The van der Waals surface area contributed by atoms with Crippen molar-refractivity contribution in [3.05, 3.63) is 82.4 Å². The number of carbonyl (C=O) groups excluding carboxylic acids is 1. The third-order valence-electron chi connectivity index (χ3n) is 5.50. The number of aliphatic hydroxyl groups is 1. The molecule has 7 nitrogen and oxygen atoms in total. The molecule has 1 aliphatic heterocycles. The number of aliphatic hydroxyl groups excluding tert-OH is 1. The van der Waals surface area contributed by atoms with E-state index in [1.54, 1.807) is 24.3 Å². The van der Waals surface area contributed by atoms with Crippen LogP contribution in [-0.2, 0) is 0 Å². The molecule has 0 spiro atoms. The highest BCUT2D eigenvalue weighted by molar-refractivity contribution is 6.35. The van der Waals surface area contributed by atoms with E-state index >= 15 is 0 Å². The molecular weight excluding hydrogens is 440 g/mol. The summed E-state index contributed by atoms with van der Waals surface area (Å²) in [7, 11) is 1.62. The van der Waals surface area contributed by atoms with Crippen LogP contribution in [0.25, 0.3) is 0 Å². The zero-order valence-electron chi connectivity index (χ0n) is 18.5. The van der Waals surface area contributed by atoms with Gasteiger partial charge in [-0.3, -0.25) is 4.79 Å². The molecule has 0 aliphatic carbocycles. The van der Waals surface area contributed by atoms with E-state index < -0.39 is 0 Å². The molecule has 0 bridgehead atoms. The molecule has 33 heavy (non-hydrogen) atoms. The van der Waals surface area contributed by atoms with E-state index in [4.69, 9.17) is 21.4 Å². The molecule has 8 heteroatoms. The molecule has 1 aliphatic rings. The van der Waals surface area contributed by atoms with Crippen LogP contribution in [0.5, 0.6) is 5.75 Å². The van der Waals surface area contributed by atoms with Crippen molar-refractivity contribution in [1.29, 1.82) is 0 Å². The molecule has 4 rings (SSSR count). The van der Waals surface area contributed by atoms with Crippen LogP contribution in [0.2, 0.25) is 5.02 Å². The van der Waals surface area contributed by atoms with Crippen LogP contribution in [-0.4, -0.2) is 37.2 Å². The summed E-state index contributed by atoms with van der Waals surface area (Å²) in [5, 5.41) is 22.9. The summed E-state index contributed by atoms with van der Waals surface area (Å²) >= 11 is 6.52. The highest BCUT2D eigenvalue weighted by Gasteiger charge is 2.22. The summed E-state index contributed by atoms with van der Waals surface area (Å²) in [6.07, 6.45) is 0.559. The van der Waals surface area contributed by atoms with Crippen molar-refractivity contribution in [2.24, 2.45) is 10.3 Å². The topological polar surface area (TPSA) is 86.5 Å². The normalized spacial score (nSPS) is 15.0. The lowest BCUT2D eigenvalue weighted by Gasteiger charge is -2.16. The first-order valence-electron chi connectivity index (χ1n) is 10.6. The van der Waals surface area contributed by atoms with Gasteiger partial charge >= 0.3 is 0 Å². The second-order valence-corrected chi connectivity index (χ2v) is 8.24. The Kier molecular flexibility index (Phi) is 6.91. The van der Waals surface area contributed by atoms with Gasteiger partial charge in [0.2, 0.25) is 0 Å². The van der Waals surface area contributed by atoms with Gasteiger partial charge < -0.3 is 15.2 Å². The minimum absolute atomic E-state index is 0.0467. The van der Waals surface area contributed by atoms with Gasteiger partial charge in [-0.05, 0) is 61.4 Å². The second kappa shape index (κ2) is 10.0. The minimum atomic E-state index is -0.157. The molecule has 0 saturated carbocycles. The quantitative estimate of drug-likeness (QED) is 0.425. The van der Waals surface area contributed by atoms with E-state index in [2.05, 4.69) is 15.7 Å². The number of nitrogens with one attached hydrogen (secondary N) is 1. The molecule has 170 valence electrons. The molecule has 0 saturated heterocycles. The van der Waals surface area contributed by atoms with Crippen molar-refractivity contribution in [2.45, 2.75) is 19.4 Å². The summed E-state index contributed by atoms with van der Waals surface area (Å²) < 4.78 is 5.25. The number of hydrogen-bond donors (Lipinski definition) is 2. The van der Waals surface area contributed by atoms with Gasteiger partial charge in [-0.15, -0.1) is 0 Å². The maximum Gasteiger partial charge on any atom is 0.194 e. The molecule has 1 heterocycles. The standard InChI is InChI=1S/C25H25ClN4O3/c1-16-6-8-20(30-15-19(10-11-31)28-29-30)14-23(16)25(32)22-9-7-18(13-24(22)26)27-17-4-3-5-21(12-17)33-2/h3-9,12-14,19,27,31H,10-11,15H2,1-2H3. The lowest BCUT2D eigenvalue weighted by atomic mass is 9.98. The van der Waals surface area contributed by atoms with Gasteiger partial charge in [0.15, 0.2) is 5.78 Å². The van der Waals surface area contributed by atoms with E-state index in [0.717, 1.165) is 28.4 Å². The van der Waals surface area contributed by atoms with Gasteiger partial charge in [-0.1, -0.05) is 29.0 Å². The average Bonchev–Trinajstić information content (AvgIpc) is 3.28. The van der Waals surface area contributed by atoms with Crippen LogP contribution in [0.4, 0.5) is 17.1 Å². The molecule has 3 aromatic carbocycles. The van der Waals surface area contributed by atoms with Crippen molar-refractivity contribution >= 4 is 34.4 Å². The Morgan fingerprint density at radius 2 is 1.97 bits per heavy atom. The van der Waals surface area contributed by atoms with Gasteiger partial charge in [-0.25, -0.2) is 5.01 Å². The maximum absolute atomic E-state index is 13.3. The predicted molar refractivity (Wildman–Crippen MR) is 130 cm³/mol. The van der Waals surface area contributed by atoms with Crippen LogP contribution >= 0.6 is 11.6 Å². The second-order valence-electron chi connectivity index (χ2n) is 7.83. The van der Waals surface area contributed by atoms with Gasteiger partial charge in [0.25, 0.3) is 0 Å². The van der Waals surface area contributed by atoms with Crippen LogP contribution in [0.1, 0.15) is 27.9 Å². The number of rotatable bonds is 8. The van der Waals surface area contributed by atoms with Gasteiger partial charge in [0.05, 0.1) is 30.4 Å². The Morgan fingerprint density at radius 1 is 1.15 bits per heavy atom. The highest BCUT2D eigenvalue weighted by Crippen LogP contribution is 2.30. The van der Waals surface area contributed by atoms with Crippen LogP contribution in [0.15, 0.2) is 71.0 Å². The molecule has 0 amide bonds. The molecule has 0 fully saturated rings. The number of benzene rings is 3. The zero-order valence-corrected chi connectivity index (χ0v) is 19.2. The summed E-state index contributed by atoms with van der Waals surface area (Å²) in [6.45, 7) is 2.53. The molecular formula is C25H25ClN4O3. The molecule has 1 unspecified atom stereocenters. The summed E-state index contributed by atoms with van der Waals surface area (Å²) in [5.41, 5.74) is 4.23. The Hall–Kier alpha value is -3.42. The number of ketones is 1. The number of ether oxygens (including phenoxy) is 1. The predicted octanol–water partition coefficient (Wildman–Crippen LogP) is 5.57. The summed E-state index contributed by atoms with van der Waals surface area (Å²) in [6, 6.07) is 18.4. The van der Waals surface area contributed by atoms with E-state index in [1.165, 1.54) is 0 Å². The molecule has 1 atom stereocenters. The maximum atomic E-state index is 13.3. The number of hydrogen-bond acceptors (Lipinski definition) is 7. The lowest BCUT2D eigenvalue weighted by Crippen LogP contribution is -2.21. The van der Waals surface area contributed by atoms with Crippen molar-refractivity contribution in [2.75, 3.05) is 30.6 Å². The monoisotopic (exact) mass is 464 g/mol. The fourth-order valence-electron chi connectivity index (χ4n) is 3.67. The van der Waals surface area contributed by atoms with Crippen LogP contribution in [0.3, 0.4) is 0 Å². The van der Waals surface area contributed by atoms with Crippen molar-refractivity contribution in [3.63, 3.8) is 0 Å². The third-order valence-corrected chi connectivity index (χ3v) is 5.82. The third kappa shape index (κ3) is 5.16. The smallest absolute Gasteiger partial charge is 0.194 e. The number of methoxy groups -OCH3 is 1. The number of nitrogens with zero attached hydrogens (tertiary/aromatic N) is 3. The van der Waals surface area contributed by atoms with E-state index in [0.29, 0.717) is 29.1 Å². The Balaban J connectivity index is 1.55. The van der Waals surface area contributed by atoms with Gasteiger partial charge in [-0.2, -0.15) is 5.11 Å². The van der Waals surface area contributed by atoms with Crippen LogP contribution < -0.4 is 15.1 Å². The zero-order chi connectivity index (χ0) is 23.4. The first-order chi connectivity index (χ1) is 16.0. The van der Waals surface area contributed by atoms with E-state index in [-0.39, 0.29) is 18.4 Å². The molecule has 0 aromatic heterocycles. The molecule has 3 aromatic rings. The highest BCUT2D eigenvalue weighted by atomic mass is 35.5. The number of carbonyl (C=O) groups is 1. The first-order valence-corrected chi connectivity index (χ1v) is 11.0. The largest absolute Gasteiger partial charge is 0.497 e. The first kappa shape index (κ1) is 22.8. The Labute approximate surface area is 197 Å². The number of aryl methyl sites for hydroxylation is 1. The molecule has 0 radical (unpaired) electrons.